The maximum Gasteiger partial charge on any atom is 0.259 e. The summed E-state index contributed by atoms with van der Waals surface area (Å²) in [5.41, 5.74) is 6.18. The van der Waals surface area contributed by atoms with E-state index in [-0.39, 0.29) is 11.8 Å². The van der Waals surface area contributed by atoms with E-state index in [2.05, 4.69) is 20.9 Å². The van der Waals surface area contributed by atoms with Gasteiger partial charge in [0.25, 0.3) is 11.8 Å². The predicted octanol–water partition coefficient (Wildman–Crippen LogP) is 4.27. The zero-order valence-electron chi connectivity index (χ0n) is 16.3. The molecule has 6 heteroatoms. The normalized spacial score (nSPS) is 15.5. The molecule has 2 amide bonds. The fourth-order valence-corrected chi connectivity index (χ4v) is 5.53. The minimum atomic E-state index is -0.328. The fourth-order valence-electron chi connectivity index (χ4n) is 5.53. The Morgan fingerprint density at radius 1 is 0.967 bits per heavy atom. The predicted molar refractivity (Wildman–Crippen MR) is 115 cm³/mol. The first-order chi connectivity index (χ1) is 14.7. The molecule has 2 aromatic heterocycles. The number of nitrogens with zero attached hydrogens (tertiary/aromatic N) is 1. The molecule has 0 atom stereocenters. The quantitative estimate of drug-likeness (QED) is 0.416. The van der Waals surface area contributed by atoms with E-state index in [4.69, 9.17) is 4.74 Å². The first-order valence-corrected chi connectivity index (χ1v) is 10.1. The summed E-state index contributed by atoms with van der Waals surface area (Å²) in [5, 5.41) is 6.14. The molecular formula is C24H17N3O3. The maximum atomic E-state index is 13.0. The molecule has 0 saturated heterocycles. The molecule has 0 bridgehead atoms. The number of H-pyrrole nitrogens is 1. The summed E-state index contributed by atoms with van der Waals surface area (Å²) in [7, 11) is 1.66. The lowest BCUT2D eigenvalue weighted by atomic mass is 9.96. The topological polar surface area (TPSA) is 76.1 Å². The summed E-state index contributed by atoms with van der Waals surface area (Å²) in [6, 6.07) is 12.0. The highest BCUT2D eigenvalue weighted by Gasteiger charge is 2.36. The smallest absolute Gasteiger partial charge is 0.259 e. The van der Waals surface area contributed by atoms with Gasteiger partial charge in [-0.1, -0.05) is 18.2 Å². The molecule has 2 aliphatic rings. The Balaban J connectivity index is 1.86. The van der Waals surface area contributed by atoms with Crippen molar-refractivity contribution in [3.63, 3.8) is 0 Å². The van der Waals surface area contributed by atoms with Gasteiger partial charge in [0, 0.05) is 33.6 Å². The van der Waals surface area contributed by atoms with Gasteiger partial charge >= 0.3 is 0 Å². The summed E-state index contributed by atoms with van der Waals surface area (Å²) < 4.78 is 7.88. The van der Waals surface area contributed by atoms with Crippen LogP contribution in [0.15, 0.2) is 36.4 Å². The number of ether oxygens (including phenoxy) is 1. The molecule has 0 unspecified atom stereocenters. The van der Waals surface area contributed by atoms with Gasteiger partial charge in [0.15, 0.2) is 0 Å². The van der Waals surface area contributed by atoms with Crippen molar-refractivity contribution in [1.82, 2.24) is 14.9 Å². The van der Waals surface area contributed by atoms with Gasteiger partial charge < -0.3 is 14.3 Å². The number of carbonyl (C=O) groups is 2. The third kappa shape index (κ3) is 1.71. The van der Waals surface area contributed by atoms with E-state index in [9.17, 15) is 9.59 Å². The number of fused-ring (bicyclic) bond motifs is 10. The second kappa shape index (κ2) is 5.21. The minimum absolute atomic E-state index is 0.324. The van der Waals surface area contributed by atoms with Crippen molar-refractivity contribution in [3.8, 4) is 5.75 Å². The molecule has 0 aliphatic carbocycles. The number of amides is 2. The van der Waals surface area contributed by atoms with Crippen LogP contribution in [-0.4, -0.2) is 28.5 Å². The number of carbonyl (C=O) groups excluding carboxylic acids is 2. The monoisotopic (exact) mass is 395 g/mol. The van der Waals surface area contributed by atoms with Gasteiger partial charge in [-0.15, -0.1) is 0 Å². The van der Waals surface area contributed by atoms with Crippen molar-refractivity contribution in [1.29, 1.82) is 0 Å². The Hall–Kier alpha value is -3.80. The van der Waals surface area contributed by atoms with Crippen LogP contribution in [0.4, 0.5) is 0 Å². The molecule has 0 spiro atoms. The third-order valence-corrected chi connectivity index (χ3v) is 6.65. The molecule has 0 fully saturated rings. The summed E-state index contributed by atoms with van der Waals surface area (Å²) in [6.45, 7) is 0.873. The van der Waals surface area contributed by atoms with E-state index >= 15 is 0 Å². The van der Waals surface area contributed by atoms with E-state index in [0.717, 1.165) is 68.7 Å². The van der Waals surface area contributed by atoms with Crippen LogP contribution in [0, 0.1) is 0 Å². The molecule has 3 aromatic carbocycles. The van der Waals surface area contributed by atoms with Crippen LogP contribution in [0.25, 0.3) is 43.6 Å². The van der Waals surface area contributed by atoms with Crippen LogP contribution in [0.1, 0.15) is 32.7 Å². The molecule has 7 rings (SSSR count). The lowest BCUT2D eigenvalue weighted by Gasteiger charge is -2.17. The van der Waals surface area contributed by atoms with Crippen LogP contribution in [0.3, 0.4) is 0 Å². The molecule has 2 aliphatic heterocycles. The summed E-state index contributed by atoms with van der Waals surface area (Å²) in [4.78, 5) is 29.5. The van der Waals surface area contributed by atoms with Crippen molar-refractivity contribution in [2.24, 2.45) is 0 Å². The highest BCUT2D eigenvalue weighted by atomic mass is 16.5. The average molecular weight is 395 g/mol. The first-order valence-electron chi connectivity index (χ1n) is 10.1. The molecule has 0 radical (unpaired) electrons. The SMILES string of the molecule is COc1cc2c3c(c1)c1c4c(c5c6ccccc6[nH]c5c1n3CCC2)C(=O)NC4=O. The number of aromatic amines is 1. The first kappa shape index (κ1) is 16.0. The Kier molecular flexibility index (Phi) is 2.79. The summed E-state index contributed by atoms with van der Waals surface area (Å²) in [5.74, 6) is 0.120. The van der Waals surface area contributed by atoms with Gasteiger partial charge in [0.05, 0.1) is 34.8 Å². The number of nitrogens with one attached hydrogen (secondary N) is 2. The van der Waals surface area contributed by atoms with E-state index in [1.54, 1.807) is 7.11 Å². The minimum Gasteiger partial charge on any atom is -0.497 e. The number of aromatic nitrogens is 2. The van der Waals surface area contributed by atoms with Gasteiger partial charge in [0.2, 0.25) is 0 Å². The Morgan fingerprint density at radius 3 is 2.60 bits per heavy atom. The highest BCUT2D eigenvalue weighted by molar-refractivity contribution is 6.39. The molecule has 4 heterocycles. The second-order valence-electron chi connectivity index (χ2n) is 8.12. The zero-order chi connectivity index (χ0) is 20.1. The fraction of sp³-hybridized carbons (Fsp3) is 0.167. The number of imide groups is 1. The molecular weight excluding hydrogens is 378 g/mol. The van der Waals surface area contributed by atoms with Crippen molar-refractivity contribution in [2.75, 3.05) is 7.11 Å². The number of aryl methyl sites for hydroxylation is 2. The zero-order valence-corrected chi connectivity index (χ0v) is 16.3. The van der Waals surface area contributed by atoms with Gasteiger partial charge in [-0.3, -0.25) is 14.9 Å². The number of hydrogen-bond acceptors (Lipinski definition) is 3. The number of rotatable bonds is 1. The van der Waals surface area contributed by atoms with E-state index in [1.807, 2.05) is 30.3 Å². The number of hydrogen-bond donors (Lipinski definition) is 2. The van der Waals surface area contributed by atoms with E-state index < -0.39 is 0 Å². The second-order valence-corrected chi connectivity index (χ2v) is 8.12. The van der Waals surface area contributed by atoms with Crippen LogP contribution in [0.2, 0.25) is 0 Å². The highest BCUT2D eigenvalue weighted by Crippen LogP contribution is 2.46. The van der Waals surface area contributed by atoms with Crippen molar-refractivity contribution < 1.29 is 14.3 Å². The van der Waals surface area contributed by atoms with Crippen LogP contribution >= 0.6 is 0 Å². The Labute approximate surface area is 170 Å². The van der Waals surface area contributed by atoms with Crippen molar-refractivity contribution in [2.45, 2.75) is 19.4 Å². The van der Waals surface area contributed by atoms with Crippen LogP contribution in [0.5, 0.6) is 5.75 Å². The van der Waals surface area contributed by atoms with Crippen LogP contribution in [-0.2, 0) is 13.0 Å². The lowest BCUT2D eigenvalue weighted by molar-refractivity contribution is 0.0880. The molecule has 30 heavy (non-hydrogen) atoms. The number of benzene rings is 3. The van der Waals surface area contributed by atoms with Gasteiger partial charge in [-0.25, -0.2) is 0 Å². The number of methoxy groups -OCH3 is 1. The Morgan fingerprint density at radius 2 is 1.77 bits per heavy atom. The van der Waals surface area contributed by atoms with Crippen molar-refractivity contribution >= 4 is 55.4 Å². The maximum absolute atomic E-state index is 13.0. The van der Waals surface area contributed by atoms with Gasteiger partial charge in [-0.05, 0) is 36.6 Å². The summed E-state index contributed by atoms with van der Waals surface area (Å²) >= 11 is 0. The lowest BCUT2D eigenvalue weighted by Crippen LogP contribution is -2.20. The molecule has 146 valence electrons. The standard InChI is InChI=1S/C24H17N3O3/c1-30-12-9-11-5-4-8-27-21(11)14(10-12)17-19-18(23(28)26-24(19)29)16-13-6-2-3-7-15(13)25-20(16)22(17)27/h2-3,6-7,9-10,25H,4-5,8H2,1H3,(H,26,28,29). The van der Waals surface area contributed by atoms with Gasteiger partial charge in [-0.2, -0.15) is 0 Å². The number of para-hydroxylation sites is 1. The molecule has 6 nitrogen and oxygen atoms in total. The van der Waals surface area contributed by atoms with E-state index in [0.29, 0.717) is 11.1 Å². The van der Waals surface area contributed by atoms with E-state index in [1.165, 1.54) is 5.56 Å². The summed E-state index contributed by atoms with van der Waals surface area (Å²) in [6.07, 6.45) is 1.98. The Bertz CT molecular complexity index is 1620. The molecule has 0 saturated carbocycles. The average Bonchev–Trinajstić information content (AvgIpc) is 3.39. The molecule has 5 aromatic rings. The van der Waals surface area contributed by atoms with Crippen LogP contribution < -0.4 is 10.1 Å². The van der Waals surface area contributed by atoms with Crippen molar-refractivity contribution in [3.05, 3.63) is 53.1 Å². The third-order valence-electron chi connectivity index (χ3n) is 6.65. The largest absolute Gasteiger partial charge is 0.497 e. The van der Waals surface area contributed by atoms with Gasteiger partial charge in [0.1, 0.15) is 5.75 Å². The molecule has 2 N–H and O–H groups in total.